The van der Waals surface area contributed by atoms with Gasteiger partial charge in [-0.05, 0) is 41.8 Å². The third kappa shape index (κ3) is 2.78. The van der Waals surface area contributed by atoms with Crippen LogP contribution < -0.4 is 5.32 Å². The van der Waals surface area contributed by atoms with Crippen molar-refractivity contribution in [2.24, 2.45) is 0 Å². The molecule has 0 bridgehead atoms. The fourth-order valence-corrected chi connectivity index (χ4v) is 3.56. The Hall–Kier alpha value is -0.650. The van der Waals surface area contributed by atoms with E-state index in [2.05, 4.69) is 33.2 Å². The molecule has 1 aliphatic carbocycles. The van der Waals surface area contributed by atoms with Crippen molar-refractivity contribution in [1.29, 1.82) is 0 Å². The molecule has 0 unspecified atom stereocenters. The standard InChI is InChI=1S/C13H13BrClN3S/c1-2-16-13-10(14)11(7-3-4-7)17-12(18-13)9-5-8(15)6-19-9/h5-7H,2-4H2,1H3,(H,16,17,18). The number of thiophene rings is 1. The highest BCUT2D eigenvalue weighted by Gasteiger charge is 2.29. The highest BCUT2D eigenvalue weighted by atomic mass is 79.9. The summed E-state index contributed by atoms with van der Waals surface area (Å²) in [6.07, 6.45) is 2.43. The molecular formula is C13H13BrClN3S. The topological polar surface area (TPSA) is 37.8 Å². The van der Waals surface area contributed by atoms with E-state index in [0.29, 0.717) is 5.92 Å². The number of halogens is 2. The zero-order valence-corrected chi connectivity index (χ0v) is 13.6. The molecule has 1 fully saturated rings. The molecule has 3 nitrogen and oxygen atoms in total. The van der Waals surface area contributed by atoms with E-state index < -0.39 is 0 Å². The van der Waals surface area contributed by atoms with E-state index in [1.807, 2.05) is 11.4 Å². The third-order valence-corrected chi connectivity index (χ3v) is 5.03. The van der Waals surface area contributed by atoms with Crippen LogP contribution in [0.2, 0.25) is 5.02 Å². The third-order valence-electron chi connectivity index (χ3n) is 2.97. The summed E-state index contributed by atoms with van der Waals surface area (Å²) in [5, 5.41) is 5.94. The number of aromatic nitrogens is 2. The highest BCUT2D eigenvalue weighted by Crippen LogP contribution is 2.44. The van der Waals surface area contributed by atoms with Gasteiger partial charge >= 0.3 is 0 Å². The summed E-state index contributed by atoms with van der Waals surface area (Å²) in [5.74, 6) is 2.21. The van der Waals surface area contributed by atoms with Gasteiger partial charge in [0, 0.05) is 17.8 Å². The molecule has 3 rings (SSSR count). The van der Waals surface area contributed by atoms with Gasteiger partial charge in [0.2, 0.25) is 0 Å². The zero-order valence-electron chi connectivity index (χ0n) is 10.4. The maximum Gasteiger partial charge on any atom is 0.172 e. The lowest BCUT2D eigenvalue weighted by Gasteiger charge is -2.11. The van der Waals surface area contributed by atoms with E-state index in [1.165, 1.54) is 12.8 Å². The van der Waals surface area contributed by atoms with Gasteiger partial charge in [0.15, 0.2) is 5.82 Å². The van der Waals surface area contributed by atoms with Gasteiger partial charge in [-0.3, -0.25) is 0 Å². The highest BCUT2D eigenvalue weighted by molar-refractivity contribution is 9.10. The number of hydrogen-bond donors (Lipinski definition) is 1. The quantitative estimate of drug-likeness (QED) is 0.842. The van der Waals surface area contributed by atoms with Gasteiger partial charge in [0.25, 0.3) is 0 Å². The Morgan fingerprint density at radius 3 is 2.84 bits per heavy atom. The van der Waals surface area contributed by atoms with Crippen LogP contribution in [0, 0.1) is 0 Å². The van der Waals surface area contributed by atoms with Gasteiger partial charge in [0.1, 0.15) is 5.82 Å². The minimum absolute atomic E-state index is 0.573. The van der Waals surface area contributed by atoms with Crippen LogP contribution >= 0.6 is 38.9 Å². The van der Waals surface area contributed by atoms with E-state index in [9.17, 15) is 0 Å². The molecule has 2 aromatic rings. The van der Waals surface area contributed by atoms with Crippen LogP contribution in [0.1, 0.15) is 31.4 Å². The molecular weight excluding hydrogens is 346 g/mol. The molecule has 1 N–H and O–H groups in total. The first-order chi connectivity index (χ1) is 9.19. The second-order valence-corrected chi connectivity index (χ2v) is 6.67. The molecule has 0 spiro atoms. The Bertz CT molecular complexity index is 610. The molecule has 0 saturated heterocycles. The molecule has 19 heavy (non-hydrogen) atoms. The maximum absolute atomic E-state index is 5.99. The molecule has 100 valence electrons. The molecule has 6 heteroatoms. The van der Waals surface area contributed by atoms with E-state index in [1.54, 1.807) is 11.3 Å². The lowest BCUT2D eigenvalue weighted by molar-refractivity contribution is 0.976. The first kappa shape index (κ1) is 13.3. The minimum atomic E-state index is 0.573. The SMILES string of the molecule is CCNc1nc(-c2cc(Cl)cs2)nc(C2CC2)c1Br. The van der Waals surface area contributed by atoms with Crippen LogP contribution in [0.5, 0.6) is 0 Å². The van der Waals surface area contributed by atoms with Crippen LogP contribution in [-0.4, -0.2) is 16.5 Å². The predicted octanol–water partition coefficient (Wildman–Crippen LogP) is 4.93. The van der Waals surface area contributed by atoms with E-state index in [4.69, 9.17) is 16.6 Å². The molecule has 0 radical (unpaired) electrons. The van der Waals surface area contributed by atoms with Crippen molar-refractivity contribution in [2.45, 2.75) is 25.7 Å². The molecule has 0 amide bonds. The zero-order chi connectivity index (χ0) is 13.4. The Kier molecular flexibility index (Phi) is 3.78. The Balaban J connectivity index is 2.08. The predicted molar refractivity (Wildman–Crippen MR) is 84.2 cm³/mol. The van der Waals surface area contributed by atoms with Gasteiger partial charge in [0.05, 0.1) is 20.1 Å². The summed E-state index contributed by atoms with van der Waals surface area (Å²) >= 11 is 11.2. The molecule has 2 aromatic heterocycles. The van der Waals surface area contributed by atoms with Crippen LogP contribution in [0.15, 0.2) is 15.9 Å². The number of nitrogens with zero attached hydrogens (tertiary/aromatic N) is 2. The van der Waals surface area contributed by atoms with Crippen LogP contribution in [0.25, 0.3) is 10.7 Å². The average molecular weight is 359 g/mol. The Morgan fingerprint density at radius 1 is 1.47 bits per heavy atom. The fraction of sp³-hybridized carbons (Fsp3) is 0.385. The van der Waals surface area contributed by atoms with E-state index in [-0.39, 0.29) is 0 Å². The summed E-state index contributed by atoms with van der Waals surface area (Å²) in [7, 11) is 0. The van der Waals surface area contributed by atoms with Gasteiger partial charge in [-0.25, -0.2) is 9.97 Å². The lowest BCUT2D eigenvalue weighted by Crippen LogP contribution is -2.05. The van der Waals surface area contributed by atoms with Crippen molar-refractivity contribution in [3.8, 4) is 10.7 Å². The smallest absolute Gasteiger partial charge is 0.172 e. The van der Waals surface area contributed by atoms with Crippen LogP contribution in [0.3, 0.4) is 0 Å². The van der Waals surface area contributed by atoms with Crippen molar-refractivity contribution < 1.29 is 0 Å². The van der Waals surface area contributed by atoms with Crippen molar-refractivity contribution in [3.05, 3.63) is 26.6 Å². The normalized spacial score (nSPS) is 14.7. The second kappa shape index (κ2) is 5.38. The Labute approximate surface area is 129 Å². The summed E-state index contributed by atoms with van der Waals surface area (Å²) in [6, 6.07) is 1.92. The van der Waals surface area contributed by atoms with Crippen molar-refractivity contribution in [1.82, 2.24) is 9.97 Å². The monoisotopic (exact) mass is 357 g/mol. The molecule has 0 aliphatic heterocycles. The number of hydrogen-bond acceptors (Lipinski definition) is 4. The molecule has 1 aliphatic rings. The summed E-state index contributed by atoms with van der Waals surface area (Å²) < 4.78 is 1.00. The minimum Gasteiger partial charge on any atom is -0.369 e. The van der Waals surface area contributed by atoms with Gasteiger partial charge in [-0.2, -0.15) is 0 Å². The number of nitrogens with one attached hydrogen (secondary N) is 1. The van der Waals surface area contributed by atoms with Gasteiger partial charge < -0.3 is 5.32 Å². The second-order valence-electron chi connectivity index (χ2n) is 4.53. The van der Waals surface area contributed by atoms with Gasteiger partial charge in [-0.1, -0.05) is 11.6 Å². The van der Waals surface area contributed by atoms with Crippen molar-refractivity contribution >= 4 is 44.7 Å². The molecule has 1 saturated carbocycles. The van der Waals surface area contributed by atoms with Crippen molar-refractivity contribution in [2.75, 3.05) is 11.9 Å². The van der Waals surface area contributed by atoms with E-state index in [0.717, 1.165) is 38.3 Å². The van der Waals surface area contributed by atoms with Gasteiger partial charge in [-0.15, -0.1) is 11.3 Å². The van der Waals surface area contributed by atoms with E-state index >= 15 is 0 Å². The molecule has 2 heterocycles. The Morgan fingerprint density at radius 2 is 2.26 bits per heavy atom. The number of rotatable bonds is 4. The fourth-order valence-electron chi connectivity index (χ4n) is 1.92. The summed E-state index contributed by atoms with van der Waals surface area (Å²) in [6.45, 7) is 2.90. The van der Waals surface area contributed by atoms with Crippen LogP contribution in [-0.2, 0) is 0 Å². The summed E-state index contributed by atoms with van der Waals surface area (Å²) in [5.41, 5.74) is 1.12. The average Bonchev–Trinajstić information content (AvgIpc) is 3.14. The largest absolute Gasteiger partial charge is 0.369 e. The maximum atomic E-state index is 5.99. The first-order valence-corrected chi connectivity index (χ1v) is 8.29. The first-order valence-electron chi connectivity index (χ1n) is 6.24. The van der Waals surface area contributed by atoms with Crippen molar-refractivity contribution in [3.63, 3.8) is 0 Å². The molecule has 0 aromatic carbocycles. The lowest BCUT2D eigenvalue weighted by atomic mass is 10.2. The number of anilines is 1. The molecule has 0 atom stereocenters. The summed E-state index contributed by atoms with van der Waals surface area (Å²) in [4.78, 5) is 10.3. The van der Waals surface area contributed by atoms with Crippen LogP contribution in [0.4, 0.5) is 5.82 Å².